The molecule has 0 atom stereocenters. The molecule has 2 aromatic rings. The average molecular weight is 338 g/mol. The quantitative estimate of drug-likeness (QED) is 0.837. The van der Waals surface area contributed by atoms with Gasteiger partial charge in [0.2, 0.25) is 0 Å². The zero-order chi connectivity index (χ0) is 17.2. The molecule has 3 rings (SSSR count). The molecule has 0 N–H and O–H groups in total. The monoisotopic (exact) mass is 338 g/mol. The molecule has 1 aliphatic rings. The molecule has 1 fully saturated rings. The van der Waals surface area contributed by atoms with Gasteiger partial charge in [-0.2, -0.15) is 13.2 Å². The van der Waals surface area contributed by atoms with Crippen LogP contribution in [0.5, 0.6) is 0 Å². The van der Waals surface area contributed by atoms with E-state index in [1.165, 1.54) is 12.3 Å². The standard InChI is InChI=1S/C18H21F3N2O/c1-2-22-7-9-23(10-8-22)13-15-6-5-14(17-4-3-11-24-17)12-16(15)18(19,20)21/h3-6,11-12H,2,7-10,13H2,1H3. The number of hydrogen-bond donors (Lipinski definition) is 0. The fourth-order valence-corrected chi connectivity index (χ4v) is 3.08. The summed E-state index contributed by atoms with van der Waals surface area (Å²) >= 11 is 0. The summed E-state index contributed by atoms with van der Waals surface area (Å²) in [4.78, 5) is 4.39. The van der Waals surface area contributed by atoms with Crippen molar-refractivity contribution in [1.82, 2.24) is 9.80 Å². The van der Waals surface area contributed by atoms with Gasteiger partial charge in [0.15, 0.2) is 0 Å². The van der Waals surface area contributed by atoms with Crippen LogP contribution in [-0.2, 0) is 12.7 Å². The lowest BCUT2D eigenvalue weighted by Gasteiger charge is -2.34. The van der Waals surface area contributed by atoms with E-state index in [9.17, 15) is 13.2 Å². The molecular formula is C18H21F3N2O. The van der Waals surface area contributed by atoms with Crippen molar-refractivity contribution in [3.63, 3.8) is 0 Å². The normalized spacial score (nSPS) is 17.3. The fourth-order valence-electron chi connectivity index (χ4n) is 3.08. The van der Waals surface area contributed by atoms with Crippen LogP contribution in [-0.4, -0.2) is 42.5 Å². The molecule has 1 saturated heterocycles. The zero-order valence-corrected chi connectivity index (χ0v) is 13.6. The van der Waals surface area contributed by atoms with Gasteiger partial charge >= 0.3 is 6.18 Å². The summed E-state index contributed by atoms with van der Waals surface area (Å²) in [7, 11) is 0. The van der Waals surface area contributed by atoms with Crippen LogP contribution >= 0.6 is 0 Å². The first-order valence-corrected chi connectivity index (χ1v) is 8.16. The van der Waals surface area contributed by atoms with E-state index < -0.39 is 11.7 Å². The van der Waals surface area contributed by atoms with Gasteiger partial charge in [-0.3, -0.25) is 4.90 Å². The molecule has 1 aliphatic heterocycles. The Balaban J connectivity index is 1.82. The van der Waals surface area contributed by atoms with Crippen molar-refractivity contribution >= 4 is 0 Å². The number of hydrogen-bond acceptors (Lipinski definition) is 3. The van der Waals surface area contributed by atoms with Gasteiger partial charge in [0.25, 0.3) is 0 Å². The molecule has 0 radical (unpaired) electrons. The second-order valence-electron chi connectivity index (χ2n) is 6.06. The largest absolute Gasteiger partial charge is 0.464 e. The molecule has 0 spiro atoms. The molecule has 1 aromatic heterocycles. The van der Waals surface area contributed by atoms with Gasteiger partial charge in [0.1, 0.15) is 5.76 Å². The van der Waals surface area contributed by atoms with E-state index in [2.05, 4.69) is 16.7 Å². The predicted octanol–water partition coefficient (Wildman–Crippen LogP) is 4.10. The Hall–Kier alpha value is -1.79. The second kappa shape index (κ2) is 6.99. The van der Waals surface area contributed by atoms with Gasteiger partial charge in [-0.15, -0.1) is 0 Å². The Labute approximate surface area is 139 Å². The number of furan rings is 1. The minimum Gasteiger partial charge on any atom is -0.464 e. The molecule has 3 nitrogen and oxygen atoms in total. The highest BCUT2D eigenvalue weighted by Crippen LogP contribution is 2.35. The minimum atomic E-state index is -4.37. The van der Waals surface area contributed by atoms with Crippen LogP contribution in [0.25, 0.3) is 11.3 Å². The third-order valence-electron chi connectivity index (χ3n) is 4.53. The van der Waals surface area contributed by atoms with E-state index in [4.69, 9.17) is 4.42 Å². The summed E-state index contributed by atoms with van der Waals surface area (Å²) in [6.45, 7) is 6.82. The predicted molar refractivity (Wildman–Crippen MR) is 86.5 cm³/mol. The number of rotatable bonds is 4. The van der Waals surface area contributed by atoms with Gasteiger partial charge in [0.05, 0.1) is 11.8 Å². The number of benzene rings is 1. The van der Waals surface area contributed by atoms with E-state index >= 15 is 0 Å². The van der Waals surface area contributed by atoms with Gasteiger partial charge in [-0.1, -0.05) is 19.1 Å². The molecule has 24 heavy (non-hydrogen) atoms. The first kappa shape index (κ1) is 17.0. The molecule has 0 aliphatic carbocycles. The summed E-state index contributed by atoms with van der Waals surface area (Å²) in [6.07, 6.45) is -2.91. The lowest BCUT2D eigenvalue weighted by atomic mass is 10.0. The van der Waals surface area contributed by atoms with E-state index in [0.717, 1.165) is 32.7 Å². The third kappa shape index (κ3) is 3.82. The summed E-state index contributed by atoms with van der Waals surface area (Å²) < 4.78 is 45.7. The van der Waals surface area contributed by atoms with Gasteiger partial charge < -0.3 is 9.32 Å². The van der Waals surface area contributed by atoms with Crippen molar-refractivity contribution in [2.24, 2.45) is 0 Å². The highest BCUT2D eigenvalue weighted by molar-refractivity contribution is 5.59. The lowest BCUT2D eigenvalue weighted by Crippen LogP contribution is -2.45. The average Bonchev–Trinajstić information content (AvgIpc) is 3.09. The molecule has 0 unspecified atom stereocenters. The zero-order valence-electron chi connectivity index (χ0n) is 13.6. The lowest BCUT2D eigenvalue weighted by molar-refractivity contribution is -0.138. The van der Waals surface area contributed by atoms with Crippen LogP contribution < -0.4 is 0 Å². The molecule has 6 heteroatoms. The highest BCUT2D eigenvalue weighted by Gasteiger charge is 2.34. The Morgan fingerprint density at radius 1 is 1.04 bits per heavy atom. The maximum atomic E-state index is 13.5. The first-order chi connectivity index (χ1) is 11.5. The maximum Gasteiger partial charge on any atom is 0.416 e. The number of likely N-dealkylation sites (N-methyl/N-ethyl adjacent to an activating group) is 1. The van der Waals surface area contributed by atoms with Gasteiger partial charge in [-0.05, 0) is 30.3 Å². The number of piperazine rings is 1. The number of alkyl halides is 3. The molecular weight excluding hydrogens is 317 g/mol. The van der Waals surface area contributed by atoms with Crippen LogP contribution in [0.1, 0.15) is 18.1 Å². The van der Waals surface area contributed by atoms with Crippen molar-refractivity contribution in [3.05, 3.63) is 47.7 Å². The van der Waals surface area contributed by atoms with Crippen LogP contribution in [0.3, 0.4) is 0 Å². The van der Waals surface area contributed by atoms with Crippen molar-refractivity contribution in [2.45, 2.75) is 19.6 Å². The van der Waals surface area contributed by atoms with Crippen molar-refractivity contribution in [2.75, 3.05) is 32.7 Å². The summed E-state index contributed by atoms with van der Waals surface area (Å²) in [5.74, 6) is 0.448. The van der Waals surface area contributed by atoms with Crippen molar-refractivity contribution in [3.8, 4) is 11.3 Å². The Kier molecular flexibility index (Phi) is 4.96. The van der Waals surface area contributed by atoms with E-state index in [1.807, 2.05) is 0 Å². The highest BCUT2D eigenvalue weighted by atomic mass is 19.4. The minimum absolute atomic E-state index is 0.322. The van der Waals surface area contributed by atoms with Crippen LogP contribution in [0.15, 0.2) is 41.0 Å². The maximum absolute atomic E-state index is 13.5. The molecule has 0 amide bonds. The van der Waals surface area contributed by atoms with Gasteiger partial charge in [0, 0.05) is 38.3 Å². The van der Waals surface area contributed by atoms with Crippen LogP contribution in [0, 0.1) is 0 Å². The SMILES string of the molecule is CCN1CCN(Cc2ccc(-c3ccco3)cc2C(F)(F)F)CC1. The third-order valence-corrected chi connectivity index (χ3v) is 4.53. The van der Waals surface area contributed by atoms with Crippen LogP contribution in [0.2, 0.25) is 0 Å². The molecule has 2 heterocycles. The first-order valence-electron chi connectivity index (χ1n) is 8.16. The van der Waals surface area contributed by atoms with E-state index in [-0.39, 0.29) is 0 Å². The topological polar surface area (TPSA) is 19.6 Å². The van der Waals surface area contributed by atoms with Crippen molar-refractivity contribution < 1.29 is 17.6 Å². The fraction of sp³-hybridized carbons (Fsp3) is 0.444. The molecule has 1 aromatic carbocycles. The Morgan fingerprint density at radius 3 is 2.33 bits per heavy atom. The smallest absolute Gasteiger partial charge is 0.416 e. The summed E-state index contributed by atoms with van der Waals surface area (Å²) in [5, 5.41) is 0. The van der Waals surface area contributed by atoms with Gasteiger partial charge in [-0.25, -0.2) is 0 Å². The number of halogens is 3. The Morgan fingerprint density at radius 2 is 1.75 bits per heavy atom. The molecule has 130 valence electrons. The summed E-state index contributed by atoms with van der Waals surface area (Å²) in [5.41, 5.74) is 0.198. The van der Waals surface area contributed by atoms with Crippen LogP contribution in [0.4, 0.5) is 13.2 Å². The Bertz CT molecular complexity index is 659. The summed E-state index contributed by atoms with van der Waals surface area (Å²) in [6, 6.07) is 7.80. The van der Waals surface area contributed by atoms with E-state index in [0.29, 0.717) is 23.4 Å². The van der Waals surface area contributed by atoms with Crippen molar-refractivity contribution in [1.29, 1.82) is 0 Å². The molecule has 0 saturated carbocycles. The number of nitrogens with zero attached hydrogens (tertiary/aromatic N) is 2. The van der Waals surface area contributed by atoms with E-state index in [1.54, 1.807) is 24.3 Å². The molecule has 0 bridgehead atoms. The second-order valence-corrected chi connectivity index (χ2v) is 6.06.